The molecule has 0 aliphatic heterocycles. The zero-order valence-electron chi connectivity index (χ0n) is 9.06. The topological polar surface area (TPSA) is 20.2 Å². The second-order valence-electron chi connectivity index (χ2n) is 4.38. The van der Waals surface area contributed by atoms with Crippen molar-refractivity contribution in [3.63, 3.8) is 0 Å². The Bertz CT molecular complexity index is 499. The molecule has 1 nitrogen and oxygen atoms in total. The fourth-order valence-electron chi connectivity index (χ4n) is 2.61. The third-order valence-corrected chi connectivity index (χ3v) is 3.43. The van der Waals surface area contributed by atoms with E-state index in [1.807, 2.05) is 12.1 Å². The molecule has 0 radical (unpaired) electrons. The number of rotatable bonds is 1. The smallest absolute Gasteiger partial charge is 0.115 e. The van der Waals surface area contributed by atoms with Crippen molar-refractivity contribution in [2.75, 3.05) is 0 Å². The van der Waals surface area contributed by atoms with Crippen molar-refractivity contribution in [3.05, 3.63) is 65.2 Å². The summed E-state index contributed by atoms with van der Waals surface area (Å²) >= 11 is 0. The monoisotopic (exact) mass is 210 g/mol. The molecule has 0 unspecified atom stereocenters. The summed E-state index contributed by atoms with van der Waals surface area (Å²) < 4.78 is 0. The Morgan fingerprint density at radius 3 is 2.50 bits per heavy atom. The van der Waals surface area contributed by atoms with E-state index in [9.17, 15) is 5.11 Å². The van der Waals surface area contributed by atoms with Crippen LogP contribution in [0, 0.1) is 0 Å². The normalized spacial score (nSPS) is 18.4. The summed E-state index contributed by atoms with van der Waals surface area (Å²) in [7, 11) is 0. The van der Waals surface area contributed by atoms with Crippen LogP contribution in [0.5, 0.6) is 5.75 Å². The largest absolute Gasteiger partial charge is 0.508 e. The van der Waals surface area contributed by atoms with Gasteiger partial charge < -0.3 is 5.11 Å². The first-order chi connectivity index (χ1) is 7.84. The van der Waals surface area contributed by atoms with Gasteiger partial charge in [-0.05, 0) is 41.7 Å². The van der Waals surface area contributed by atoms with E-state index in [0.717, 1.165) is 0 Å². The van der Waals surface area contributed by atoms with Crippen LogP contribution >= 0.6 is 0 Å². The summed E-state index contributed by atoms with van der Waals surface area (Å²) in [5, 5.41) is 9.29. The maximum Gasteiger partial charge on any atom is 0.115 e. The minimum Gasteiger partial charge on any atom is -0.508 e. The zero-order chi connectivity index (χ0) is 11.0. The predicted molar refractivity (Wildman–Crippen MR) is 64.7 cm³/mol. The Kier molecular flexibility index (Phi) is 2.17. The van der Waals surface area contributed by atoms with Crippen molar-refractivity contribution in [2.45, 2.75) is 18.8 Å². The standard InChI is InChI=1S/C15H14O/c16-13-8-5-12(6-9-13)15-10-7-11-3-1-2-4-14(11)15/h1-6,8-9,15-16H,7,10H2/t15-/m0/s1. The molecule has 1 N–H and O–H groups in total. The van der Waals surface area contributed by atoms with Crippen LogP contribution in [0.15, 0.2) is 48.5 Å². The number of hydrogen-bond acceptors (Lipinski definition) is 1. The molecule has 0 aromatic heterocycles. The second kappa shape index (κ2) is 3.67. The lowest BCUT2D eigenvalue weighted by Gasteiger charge is -2.11. The molecule has 3 rings (SSSR count). The molecule has 0 bridgehead atoms. The first-order valence-electron chi connectivity index (χ1n) is 5.71. The molecule has 1 aliphatic rings. The Balaban J connectivity index is 2.01. The van der Waals surface area contributed by atoms with E-state index in [4.69, 9.17) is 0 Å². The third-order valence-electron chi connectivity index (χ3n) is 3.43. The Hall–Kier alpha value is -1.76. The van der Waals surface area contributed by atoms with Gasteiger partial charge in [0.15, 0.2) is 0 Å². The van der Waals surface area contributed by atoms with Crippen molar-refractivity contribution in [2.24, 2.45) is 0 Å². The van der Waals surface area contributed by atoms with Gasteiger partial charge in [-0.25, -0.2) is 0 Å². The molecule has 1 aliphatic carbocycles. The minimum atomic E-state index is 0.343. The van der Waals surface area contributed by atoms with Crippen molar-refractivity contribution in [1.29, 1.82) is 0 Å². The molecule has 2 aromatic rings. The van der Waals surface area contributed by atoms with Crippen molar-refractivity contribution >= 4 is 0 Å². The van der Waals surface area contributed by atoms with Crippen molar-refractivity contribution in [1.82, 2.24) is 0 Å². The highest BCUT2D eigenvalue weighted by Crippen LogP contribution is 2.38. The van der Waals surface area contributed by atoms with Crippen LogP contribution in [0.4, 0.5) is 0 Å². The molecule has 0 heterocycles. The molecule has 1 heteroatoms. The lowest BCUT2D eigenvalue weighted by molar-refractivity contribution is 0.475. The number of benzene rings is 2. The molecule has 0 fully saturated rings. The van der Waals surface area contributed by atoms with Gasteiger partial charge in [0.1, 0.15) is 5.75 Å². The van der Waals surface area contributed by atoms with Crippen LogP contribution in [0.3, 0.4) is 0 Å². The van der Waals surface area contributed by atoms with Crippen molar-refractivity contribution < 1.29 is 5.11 Å². The van der Waals surface area contributed by atoms with E-state index in [2.05, 4.69) is 24.3 Å². The van der Waals surface area contributed by atoms with Gasteiger partial charge in [-0.15, -0.1) is 0 Å². The molecule has 0 saturated carbocycles. The van der Waals surface area contributed by atoms with Crippen LogP contribution in [-0.4, -0.2) is 5.11 Å². The average molecular weight is 210 g/mol. The summed E-state index contributed by atoms with van der Waals surface area (Å²) in [5.74, 6) is 0.854. The molecular weight excluding hydrogens is 196 g/mol. The van der Waals surface area contributed by atoms with Crippen LogP contribution in [-0.2, 0) is 6.42 Å². The fraction of sp³-hybridized carbons (Fsp3) is 0.200. The van der Waals surface area contributed by atoms with E-state index >= 15 is 0 Å². The number of aryl methyl sites for hydroxylation is 1. The molecule has 80 valence electrons. The molecule has 0 amide bonds. The van der Waals surface area contributed by atoms with Gasteiger partial charge in [-0.3, -0.25) is 0 Å². The Morgan fingerprint density at radius 2 is 1.69 bits per heavy atom. The van der Waals surface area contributed by atoms with E-state index < -0.39 is 0 Å². The number of aromatic hydroxyl groups is 1. The maximum atomic E-state index is 9.29. The zero-order valence-corrected chi connectivity index (χ0v) is 9.06. The number of fused-ring (bicyclic) bond motifs is 1. The Labute approximate surface area is 95.4 Å². The van der Waals surface area contributed by atoms with Gasteiger partial charge in [0.2, 0.25) is 0 Å². The van der Waals surface area contributed by atoms with E-state index in [0.29, 0.717) is 11.7 Å². The third kappa shape index (κ3) is 1.49. The van der Waals surface area contributed by atoms with Gasteiger partial charge in [0.05, 0.1) is 0 Å². The maximum absolute atomic E-state index is 9.29. The Morgan fingerprint density at radius 1 is 0.938 bits per heavy atom. The van der Waals surface area contributed by atoms with Crippen LogP contribution in [0.25, 0.3) is 0 Å². The van der Waals surface area contributed by atoms with Crippen molar-refractivity contribution in [3.8, 4) is 5.75 Å². The molecular formula is C15H14O. The first kappa shape index (κ1) is 9.46. The second-order valence-corrected chi connectivity index (χ2v) is 4.38. The van der Waals surface area contributed by atoms with E-state index in [1.165, 1.54) is 29.5 Å². The number of phenols is 1. The van der Waals surface area contributed by atoms with Gasteiger partial charge in [0, 0.05) is 5.92 Å². The average Bonchev–Trinajstić information content (AvgIpc) is 2.74. The van der Waals surface area contributed by atoms with Crippen LogP contribution in [0.1, 0.15) is 29.0 Å². The SMILES string of the molecule is Oc1ccc([C@@H]2CCc3ccccc32)cc1. The molecule has 1 atom stereocenters. The summed E-state index contributed by atoms with van der Waals surface area (Å²) in [6.45, 7) is 0. The van der Waals surface area contributed by atoms with Gasteiger partial charge in [-0.1, -0.05) is 36.4 Å². The number of hydrogen-bond donors (Lipinski definition) is 1. The van der Waals surface area contributed by atoms with E-state index in [-0.39, 0.29) is 0 Å². The molecule has 0 spiro atoms. The first-order valence-corrected chi connectivity index (χ1v) is 5.71. The lowest BCUT2D eigenvalue weighted by atomic mass is 9.93. The van der Waals surface area contributed by atoms with E-state index in [1.54, 1.807) is 12.1 Å². The van der Waals surface area contributed by atoms with Gasteiger partial charge >= 0.3 is 0 Å². The predicted octanol–water partition coefficient (Wildman–Crippen LogP) is 3.47. The van der Waals surface area contributed by atoms with Crippen LogP contribution in [0.2, 0.25) is 0 Å². The van der Waals surface area contributed by atoms with Gasteiger partial charge in [-0.2, -0.15) is 0 Å². The highest BCUT2D eigenvalue weighted by atomic mass is 16.3. The highest BCUT2D eigenvalue weighted by Gasteiger charge is 2.22. The molecule has 2 aromatic carbocycles. The van der Waals surface area contributed by atoms with Crippen LogP contribution < -0.4 is 0 Å². The molecule has 0 saturated heterocycles. The fourth-order valence-corrected chi connectivity index (χ4v) is 2.61. The van der Waals surface area contributed by atoms with Gasteiger partial charge in [0.25, 0.3) is 0 Å². The summed E-state index contributed by atoms with van der Waals surface area (Å²) in [5.41, 5.74) is 4.23. The summed E-state index contributed by atoms with van der Waals surface area (Å²) in [6, 6.07) is 16.3. The molecule has 16 heavy (non-hydrogen) atoms. The minimum absolute atomic E-state index is 0.343. The lowest BCUT2D eigenvalue weighted by Crippen LogP contribution is -1.95. The number of phenolic OH excluding ortho intramolecular Hbond substituents is 1. The highest BCUT2D eigenvalue weighted by molar-refractivity contribution is 5.43. The quantitative estimate of drug-likeness (QED) is 0.764. The summed E-state index contributed by atoms with van der Waals surface area (Å²) in [6.07, 6.45) is 2.35. The summed E-state index contributed by atoms with van der Waals surface area (Å²) in [4.78, 5) is 0.